The lowest BCUT2D eigenvalue weighted by Crippen LogP contribution is -2.06. The molecule has 2 aromatic carbocycles. The Hall–Kier alpha value is -3.65. The second kappa shape index (κ2) is 9.87. The van der Waals surface area contributed by atoms with Crippen LogP contribution in [-0.4, -0.2) is 23.0 Å². The smallest absolute Gasteiger partial charge is 0.337 e. The molecule has 0 amide bonds. The molecule has 0 aliphatic rings. The predicted octanol–water partition coefficient (Wildman–Crippen LogP) is 6.26. The number of carbonyl (C=O) groups is 1. The average Bonchev–Trinajstić information content (AvgIpc) is 3.25. The van der Waals surface area contributed by atoms with Crippen molar-refractivity contribution in [1.82, 2.24) is 9.97 Å². The lowest BCUT2D eigenvalue weighted by Gasteiger charge is -2.13. The molecule has 0 bridgehead atoms. The summed E-state index contributed by atoms with van der Waals surface area (Å²) in [6.07, 6.45) is 1.31. The number of ether oxygens (including phenoxy) is 2. The van der Waals surface area contributed by atoms with Crippen molar-refractivity contribution in [1.29, 1.82) is 0 Å². The summed E-state index contributed by atoms with van der Waals surface area (Å²) in [5.41, 5.74) is 2.71. The van der Waals surface area contributed by atoms with Gasteiger partial charge < -0.3 is 13.9 Å². The van der Waals surface area contributed by atoms with Gasteiger partial charge >= 0.3 is 5.97 Å². The van der Waals surface area contributed by atoms with E-state index >= 15 is 0 Å². The number of rotatable bonds is 7. The molecule has 4 aromatic rings. The number of benzene rings is 2. The zero-order chi connectivity index (χ0) is 23.4. The molecular weight excluding hydrogens is 443 g/mol. The highest BCUT2D eigenvalue weighted by Crippen LogP contribution is 2.37. The van der Waals surface area contributed by atoms with Crippen molar-refractivity contribution in [2.24, 2.45) is 0 Å². The Labute approximate surface area is 194 Å². The van der Waals surface area contributed by atoms with Gasteiger partial charge in [-0.25, -0.2) is 19.2 Å². The molecule has 0 N–H and O–H groups in total. The molecule has 0 fully saturated rings. The van der Waals surface area contributed by atoms with Gasteiger partial charge in [0.05, 0.1) is 12.7 Å². The number of nitrogens with zero attached hydrogens (tertiary/aromatic N) is 2. The Morgan fingerprint density at radius 2 is 1.79 bits per heavy atom. The van der Waals surface area contributed by atoms with Gasteiger partial charge in [0.1, 0.15) is 28.4 Å². The Bertz CT molecular complexity index is 1240. The second-order valence-corrected chi connectivity index (χ2v) is 8.24. The minimum Gasteiger partial charge on any atom is -0.484 e. The summed E-state index contributed by atoms with van der Waals surface area (Å²) in [5.74, 6) is 0.164. The Balaban J connectivity index is 1.63. The third-order valence-electron chi connectivity index (χ3n) is 4.77. The number of hydrogen-bond acceptors (Lipinski definition) is 7. The molecule has 4 rings (SSSR count). The zero-order valence-corrected chi connectivity index (χ0v) is 19.1. The summed E-state index contributed by atoms with van der Waals surface area (Å²) in [6.45, 7) is 3.82. The second-order valence-electron chi connectivity index (χ2n) is 7.25. The number of oxazole rings is 1. The quantitative estimate of drug-likeness (QED) is 0.299. The fourth-order valence-electron chi connectivity index (χ4n) is 3.02. The van der Waals surface area contributed by atoms with Crippen molar-refractivity contribution in [3.8, 4) is 17.2 Å². The third-order valence-corrected chi connectivity index (χ3v) is 5.70. The van der Waals surface area contributed by atoms with Crippen LogP contribution in [0.5, 0.6) is 5.75 Å². The van der Waals surface area contributed by atoms with Crippen LogP contribution in [0.3, 0.4) is 0 Å². The van der Waals surface area contributed by atoms with Crippen LogP contribution in [0.4, 0.5) is 4.39 Å². The van der Waals surface area contributed by atoms with Crippen LogP contribution in [0.15, 0.2) is 81.4 Å². The van der Waals surface area contributed by atoms with Crippen LogP contribution < -0.4 is 4.74 Å². The van der Waals surface area contributed by atoms with E-state index < -0.39 is 12.1 Å². The fraction of sp³-hybridized carbons (Fsp3) is 0.160. The van der Waals surface area contributed by atoms with Crippen LogP contribution >= 0.6 is 11.8 Å². The Morgan fingerprint density at radius 3 is 2.42 bits per heavy atom. The first-order valence-electron chi connectivity index (χ1n) is 10.1. The molecule has 0 aliphatic heterocycles. The van der Waals surface area contributed by atoms with Crippen molar-refractivity contribution >= 4 is 17.7 Å². The van der Waals surface area contributed by atoms with Crippen molar-refractivity contribution < 1.29 is 23.1 Å². The number of pyridine rings is 1. The van der Waals surface area contributed by atoms with Crippen LogP contribution in [0, 0.1) is 12.7 Å². The van der Waals surface area contributed by atoms with Gasteiger partial charge in [-0.3, -0.25) is 0 Å². The molecule has 0 spiro atoms. The molecular formula is C25H21FN2O4S. The molecule has 2 aromatic heterocycles. The van der Waals surface area contributed by atoms with Crippen molar-refractivity contribution in [2.45, 2.75) is 30.1 Å². The fourth-order valence-corrected chi connectivity index (χ4v) is 3.89. The molecule has 0 aliphatic carbocycles. The number of carbonyl (C=O) groups excluding carboxylic acids is 1. The van der Waals surface area contributed by atoms with Gasteiger partial charge in [-0.05, 0) is 85.8 Å². The summed E-state index contributed by atoms with van der Waals surface area (Å²) >= 11 is 1.33. The summed E-state index contributed by atoms with van der Waals surface area (Å²) in [6, 6.07) is 16.5. The van der Waals surface area contributed by atoms with Crippen LogP contribution in [-0.2, 0) is 4.74 Å². The number of halogens is 1. The van der Waals surface area contributed by atoms with Gasteiger partial charge in [-0.1, -0.05) is 6.07 Å². The number of aromatic nitrogens is 2. The van der Waals surface area contributed by atoms with Crippen molar-refractivity contribution in [3.05, 3.63) is 89.5 Å². The predicted molar refractivity (Wildman–Crippen MR) is 122 cm³/mol. The standard InChI is InChI=1S/C25H21FN2O4S/c1-15-4-13-21(27-14-15)33-25-22(28-23(32-25)17-5-9-19(26)10-6-17)16(2)31-20-11-7-18(8-12-20)24(29)30-3/h4-14,16H,1-3H3. The zero-order valence-electron chi connectivity index (χ0n) is 18.2. The topological polar surface area (TPSA) is 74.5 Å². The highest BCUT2D eigenvalue weighted by atomic mass is 32.2. The van der Waals surface area contributed by atoms with Gasteiger partial charge in [0, 0.05) is 11.8 Å². The summed E-state index contributed by atoms with van der Waals surface area (Å²) in [4.78, 5) is 20.7. The van der Waals surface area contributed by atoms with E-state index in [9.17, 15) is 9.18 Å². The average molecular weight is 465 g/mol. The highest BCUT2D eigenvalue weighted by molar-refractivity contribution is 7.99. The van der Waals surface area contributed by atoms with E-state index in [1.807, 2.05) is 26.0 Å². The van der Waals surface area contributed by atoms with E-state index in [0.29, 0.717) is 33.6 Å². The van der Waals surface area contributed by atoms with E-state index in [0.717, 1.165) is 10.6 Å². The number of methoxy groups -OCH3 is 1. The normalized spacial score (nSPS) is 11.8. The molecule has 0 saturated carbocycles. The molecule has 0 saturated heterocycles. The highest BCUT2D eigenvalue weighted by Gasteiger charge is 2.23. The molecule has 1 unspecified atom stereocenters. The number of esters is 1. The molecule has 2 heterocycles. The first-order valence-corrected chi connectivity index (χ1v) is 11.0. The monoisotopic (exact) mass is 464 g/mol. The lowest BCUT2D eigenvalue weighted by atomic mass is 10.2. The largest absolute Gasteiger partial charge is 0.484 e. The summed E-state index contributed by atoms with van der Waals surface area (Å²) in [5, 5.41) is 1.28. The lowest BCUT2D eigenvalue weighted by molar-refractivity contribution is 0.0600. The minimum atomic E-state index is -0.472. The van der Waals surface area contributed by atoms with Crippen LogP contribution in [0.2, 0.25) is 0 Å². The van der Waals surface area contributed by atoms with E-state index in [1.54, 1.807) is 42.6 Å². The first kappa shape index (κ1) is 22.5. The SMILES string of the molecule is COC(=O)c1ccc(OC(C)c2nc(-c3ccc(F)cc3)oc2Sc2ccc(C)cn2)cc1. The maximum absolute atomic E-state index is 13.4. The Morgan fingerprint density at radius 1 is 1.06 bits per heavy atom. The summed E-state index contributed by atoms with van der Waals surface area (Å²) in [7, 11) is 1.33. The van der Waals surface area contributed by atoms with E-state index in [4.69, 9.17) is 13.9 Å². The van der Waals surface area contributed by atoms with Gasteiger partial charge in [-0.15, -0.1) is 0 Å². The van der Waals surface area contributed by atoms with Crippen molar-refractivity contribution in [3.63, 3.8) is 0 Å². The molecule has 1 atom stereocenters. The van der Waals surface area contributed by atoms with Gasteiger partial charge in [-0.2, -0.15) is 0 Å². The van der Waals surface area contributed by atoms with Gasteiger partial charge in [0.15, 0.2) is 5.09 Å². The third kappa shape index (κ3) is 5.40. The number of aryl methyl sites for hydroxylation is 1. The molecule has 6 nitrogen and oxygen atoms in total. The molecule has 8 heteroatoms. The van der Waals surface area contributed by atoms with E-state index in [-0.39, 0.29) is 5.82 Å². The number of hydrogen-bond donors (Lipinski definition) is 0. The molecule has 0 radical (unpaired) electrons. The minimum absolute atomic E-state index is 0.337. The Kier molecular flexibility index (Phi) is 6.74. The van der Waals surface area contributed by atoms with E-state index in [1.165, 1.54) is 31.0 Å². The van der Waals surface area contributed by atoms with Crippen LogP contribution in [0.25, 0.3) is 11.5 Å². The first-order chi connectivity index (χ1) is 15.9. The molecule has 33 heavy (non-hydrogen) atoms. The van der Waals surface area contributed by atoms with E-state index in [2.05, 4.69) is 9.97 Å². The maximum Gasteiger partial charge on any atom is 0.337 e. The summed E-state index contributed by atoms with van der Waals surface area (Å²) < 4.78 is 30.2. The maximum atomic E-state index is 13.4. The van der Waals surface area contributed by atoms with Crippen molar-refractivity contribution in [2.75, 3.05) is 7.11 Å². The molecule has 168 valence electrons. The van der Waals surface area contributed by atoms with Gasteiger partial charge in [0.2, 0.25) is 5.89 Å². The van der Waals surface area contributed by atoms with Gasteiger partial charge in [0.25, 0.3) is 0 Å². The van der Waals surface area contributed by atoms with Crippen LogP contribution in [0.1, 0.15) is 34.6 Å².